The van der Waals surface area contributed by atoms with Crippen molar-refractivity contribution in [2.45, 2.75) is 33.1 Å². The third-order valence-electron chi connectivity index (χ3n) is 3.14. The molecule has 0 radical (unpaired) electrons. The Hall–Kier alpha value is -1.97. The molecule has 0 spiro atoms. The maximum atomic E-state index is 11.9. The monoisotopic (exact) mass is 292 g/mol. The van der Waals surface area contributed by atoms with Crippen LogP contribution in [0.25, 0.3) is 0 Å². The molecule has 0 unspecified atom stereocenters. The van der Waals surface area contributed by atoms with Crippen molar-refractivity contribution in [2.24, 2.45) is 0 Å². The van der Waals surface area contributed by atoms with E-state index in [1.54, 1.807) is 14.2 Å². The normalized spacial score (nSPS) is 11.1. The molecule has 0 saturated heterocycles. The van der Waals surface area contributed by atoms with Gasteiger partial charge in [-0.15, -0.1) is 0 Å². The maximum absolute atomic E-state index is 11.9. The molecule has 0 atom stereocenters. The lowest BCUT2D eigenvalue weighted by Crippen LogP contribution is -2.08. The van der Waals surface area contributed by atoms with Gasteiger partial charge in [-0.05, 0) is 31.9 Å². The van der Waals surface area contributed by atoms with Crippen molar-refractivity contribution in [3.8, 4) is 11.5 Å². The number of carbonyl (C=O) groups is 1. The van der Waals surface area contributed by atoms with Crippen LogP contribution in [0.4, 0.5) is 0 Å². The average molecular weight is 292 g/mol. The van der Waals surface area contributed by atoms with Gasteiger partial charge < -0.3 is 14.2 Å². The van der Waals surface area contributed by atoms with Crippen LogP contribution < -0.4 is 9.47 Å². The first-order valence-corrected chi connectivity index (χ1v) is 7.23. The first-order chi connectivity index (χ1) is 10.2. The fourth-order valence-electron chi connectivity index (χ4n) is 2.14. The van der Waals surface area contributed by atoms with Crippen LogP contribution in [0.15, 0.2) is 29.8 Å². The number of hydrogen-bond acceptors (Lipinski definition) is 4. The molecule has 21 heavy (non-hydrogen) atoms. The van der Waals surface area contributed by atoms with E-state index in [0.29, 0.717) is 25.0 Å². The second-order valence-corrected chi connectivity index (χ2v) is 4.55. The standard InChI is InChI=1S/C17H24O4/c1-5-8-13(17(18)21-6-2)11-12-14-15(19-3)9-7-10-16(14)20-4/h7,9-11H,5-6,8,12H2,1-4H3. The number of carbonyl (C=O) groups excluding carboxylic acids is 1. The Morgan fingerprint density at radius 3 is 2.24 bits per heavy atom. The van der Waals surface area contributed by atoms with Crippen LogP contribution in [-0.4, -0.2) is 26.8 Å². The topological polar surface area (TPSA) is 44.8 Å². The molecule has 0 saturated carbocycles. The van der Waals surface area contributed by atoms with Crippen LogP contribution in [0.2, 0.25) is 0 Å². The molecule has 0 heterocycles. The van der Waals surface area contributed by atoms with Gasteiger partial charge in [-0.2, -0.15) is 0 Å². The summed E-state index contributed by atoms with van der Waals surface area (Å²) < 4.78 is 15.8. The van der Waals surface area contributed by atoms with Crippen molar-refractivity contribution in [3.05, 3.63) is 35.4 Å². The zero-order chi connectivity index (χ0) is 15.7. The third kappa shape index (κ3) is 4.81. The molecule has 0 aromatic heterocycles. The van der Waals surface area contributed by atoms with E-state index in [1.807, 2.05) is 38.1 Å². The van der Waals surface area contributed by atoms with E-state index in [2.05, 4.69) is 0 Å². The third-order valence-corrected chi connectivity index (χ3v) is 3.14. The van der Waals surface area contributed by atoms with Crippen molar-refractivity contribution in [1.29, 1.82) is 0 Å². The average Bonchev–Trinajstić information content (AvgIpc) is 2.51. The molecule has 4 nitrogen and oxygen atoms in total. The van der Waals surface area contributed by atoms with Gasteiger partial charge in [-0.3, -0.25) is 0 Å². The molecule has 1 aromatic rings. The molecule has 0 aliphatic rings. The molecule has 1 rings (SSSR count). The highest BCUT2D eigenvalue weighted by Gasteiger charge is 2.12. The van der Waals surface area contributed by atoms with Gasteiger partial charge in [0, 0.05) is 11.1 Å². The van der Waals surface area contributed by atoms with E-state index >= 15 is 0 Å². The lowest BCUT2D eigenvalue weighted by atomic mass is 10.0. The lowest BCUT2D eigenvalue weighted by molar-refractivity contribution is -0.138. The van der Waals surface area contributed by atoms with Gasteiger partial charge in [0.15, 0.2) is 0 Å². The quantitative estimate of drug-likeness (QED) is 0.543. The summed E-state index contributed by atoms with van der Waals surface area (Å²) in [6, 6.07) is 5.65. The Labute approximate surface area is 126 Å². The SMILES string of the molecule is CCCC(=CCc1c(OC)cccc1OC)C(=O)OCC. The number of ether oxygens (including phenoxy) is 3. The molecule has 0 bridgehead atoms. The predicted molar refractivity (Wildman–Crippen MR) is 82.9 cm³/mol. The fourth-order valence-corrected chi connectivity index (χ4v) is 2.14. The van der Waals surface area contributed by atoms with Crippen molar-refractivity contribution >= 4 is 5.97 Å². The Morgan fingerprint density at radius 1 is 1.14 bits per heavy atom. The lowest BCUT2D eigenvalue weighted by Gasteiger charge is -2.12. The minimum absolute atomic E-state index is 0.242. The van der Waals surface area contributed by atoms with Crippen LogP contribution in [0.5, 0.6) is 11.5 Å². The summed E-state index contributed by atoms with van der Waals surface area (Å²) >= 11 is 0. The Morgan fingerprint density at radius 2 is 1.76 bits per heavy atom. The second-order valence-electron chi connectivity index (χ2n) is 4.55. The minimum Gasteiger partial charge on any atom is -0.496 e. The number of methoxy groups -OCH3 is 2. The maximum Gasteiger partial charge on any atom is 0.333 e. The molecular formula is C17H24O4. The molecule has 0 aliphatic carbocycles. The van der Waals surface area contributed by atoms with Crippen molar-refractivity contribution in [1.82, 2.24) is 0 Å². The van der Waals surface area contributed by atoms with E-state index in [1.165, 1.54) is 0 Å². The predicted octanol–water partition coefficient (Wildman–Crippen LogP) is 3.54. The van der Waals surface area contributed by atoms with Gasteiger partial charge in [0.25, 0.3) is 0 Å². The summed E-state index contributed by atoms with van der Waals surface area (Å²) in [5, 5.41) is 0. The molecule has 1 aromatic carbocycles. The largest absolute Gasteiger partial charge is 0.496 e. The van der Waals surface area contributed by atoms with E-state index in [0.717, 1.165) is 23.5 Å². The molecule has 4 heteroatoms. The van der Waals surface area contributed by atoms with Crippen LogP contribution in [0.1, 0.15) is 32.3 Å². The van der Waals surface area contributed by atoms with E-state index in [9.17, 15) is 4.79 Å². The summed E-state index contributed by atoms with van der Waals surface area (Å²) in [5.41, 5.74) is 1.63. The summed E-state index contributed by atoms with van der Waals surface area (Å²) in [6.07, 6.45) is 4.08. The highest BCUT2D eigenvalue weighted by molar-refractivity contribution is 5.88. The zero-order valence-electron chi connectivity index (χ0n) is 13.3. The van der Waals surface area contributed by atoms with Crippen LogP contribution in [0.3, 0.4) is 0 Å². The van der Waals surface area contributed by atoms with Gasteiger partial charge in [-0.25, -0.2) is 4.79 Å². The van der Waals surface area contributed by atoms with Crippen molar-refractivity contribution < 1.29 is 19.0 Å². The number of benzene rings is 1. The highest BCUT2D eigenvalue weighted by Crippen LogP contribution is 2.29. The Bertz CT molecular complexity index is 469. The Balaban J connectivity index is 3.01. The summed E-state index contributed by atoms with van der Waals surface area (Å²) in [5.74, 6) is 1.27. The van der Waals surface area contributed by atoms with Crippen LogP contribution in [0, 0.1) is 0 Å². The van der Waals surface area contributed by atoms with Gasteiger partial charge in [-0.1, -0.05) is 25.5 Å². The molecular weight excluding hydrogens is 268 g/mol. The molecule has 116 valence electrons. The zero-order valence-corrected chi connectivity index (χ0v) is 13.3. The summed E-state index contributed by atoms with van der Waals surface area (Å²) in [7, 11) is 3.25. The first-order valence-electron chi connectivity index (χ1n) is 7.23. The smallest absolute Gasteiger partial charge is 0.333 e. The number of allylic oxidation sites excluding steroid dienone is 1. The van der Waals surface area contributed by atoms with Crippen molar-refractivity contribution in [3.63, 3.8) is 0 Å². The van der Waals surface area contributed by atoms with E-state index < -0.39 is 0 Å². The van der Waals surface area contributed by atoms with Gasteiger partial charge in [0.05, 0.1) is 20.8 Å². The summed E-state index contributed by atoms with van der Waals surface area (Å²) in [4.78, 5) is 11.9. The van der Waals surface area contributed by atoms with E-state index in [-0.39, 0.29) is 5.97 Å². The minimum atomic E-state index is -0.242. The second kappa shape index (κ2) is 9.06. The highest BCUT2D eigenvalue weighted by atomic mass is 16.5. The molecule has 0 amide bonds. The van der Waals surface area contributed by atoms with Crippen molar-refractivity contribution in [2.75, 3.05) is 20.8 Å². The number of rotatable bonds is 8. The van der Waals surface area contributed by atoms with Gasteiger partial charge in [0.1, 0.15) is 11.5 Å². The van der Waals surface area contributed by atoms with Crippen LogP contribution >= 0.6 is 0 Å². The molecule has 0 N–H and O–H groups in total. The van der Waals surface area contributed by atoms with Crippen LogP contribution in [-0.2, 0) is 16.0 Å². The first kappa shape index (κ1) is 17.1. The number of esters is 1. The summed E-state index contributed by atoms with van der Waals surface area (Å²) in [6.45, 7) is 4.24. The van der Waals surface area contributed by atoms with E-state index in [4.69, 9.17) is 14.2 Å². The molecule has 0 fully saturated rings. The van der Waals surface area contributed by atoms with Gasteiger partial charge in [0.2, 0.25) is 0 Å². The van der Waals surface area contributed by atoms with Gasteiger partial charge >= 0.3 is 5.97 Å². The Kier molecular flexibility index (Phi) is 7.37. The fraction of sp³-hybridized carbons (Fsp3) is 0.471. The molecule has 0 aliphatic heterocycles. The number of hydrogen-bond donors (Lipinski definition) is 0.